The number of aliphatic hydroxyl groups is 1. The van der Waals surface area contributed by atoms with Gasteiger partial charge in [0.1, 0.15) is 0 Å². The molecular weight excluding hydrogens is 124 g/mol. The van der Waals surface area contributed by atoms with Crippen LogP contribution in [-0.4, -0.2) is 11.7 Å². The molecule has 0 aromatic heterocycles. The molecule has 0 bridgehead atoms. The lowest BCUT2D eigenvalue weighted by Gasteiger charge is -2.25. The minimum Gasteiger partial charge on any atom is -0.396 e. The summed E-state index contributed by atoms with van der Waals surface area (Å²) in [5.41, 5.74) is 0. The molecule has 1 aliphatic rings. The quantitative estimate of drug-likeness (QED) is 0.626. The first kappa shape index (κ1) is 8.06. The van der Waals surface area contributed by atoms with Crippen LogP contribution in [0, 0.1) is 11.8 Å². The molecule has 0 spiro atoms. The highest BCUT2D eigenvalue weighted by Gasteiger charge is 2.17. The van der Waals surface area contributed by atoms with Gasteiger partial charge in [0.2, 0.25) is 0 Å². The molecule has 0 amide bonds. The van der Waals surface area contributed by atoms with Crippen LogP contribution in [-0.2, 0) is 0 Å². The van der Waals surface area contributed by atoms with E-state index in [1.165, 1.54) is 25.7 Å². The maximum atomic E-state index is 8.70. The molecule has 1 unspecified atom stereocenters. The van der Waals surface area contributed by atoms with Gasteiger partial charge in [-0.05, 0) is 24.7 Å². The predicted molar refractivity (Wildman–Crippen MR) is 42.8 cm³/mol. The Kier molecular flexibility index (Phi) is 3.20. The first-order chi connectivity index (χ1) is 4.83. The highest BCUT2D eigenvalue weighted by atomic mass is 16.3. The summed E-state index contributed by atoms with van der Waals surface area (Å²) in [6.07, 6.45) is 6.52. The van der Waals surface area contributed by atoms with Crippen LogP contribution in [0.4, 0.5) is 0 Å². The third-order valence-corrected chi connectivity index (χ3v) is 2.58. The standard InChI is InChI=1S/C9H18O/c1-8-3-2-4-9(7-8)5-6-10/h8-10H,2-7H2,1H3/t8-,9?/m1/s1. The molecule has 2 atom stereocenters. The van der Waals surface area contributed by atoms with Gasteiger partial charge in [-0.25, -0.2) is 0 Å². The molecule has 1 nitrogen and oxygen atoms in total. The lowest BCUT2D eigenvalue weighted by atomic mass is 9.81. The van der Waals surface area contributed by atoms with E-state index in [0.29, 0.717) is 6.61 Å². The lowest BCUT2D eigenvalue weighted by Crippen LogP contribution is -2.14. The number of aliphatic hydroxyl groups excluding tert-OH is 1. The van der Waals surface area contributed by atoms with Crippen LogP contribution in [0.5, 0.6) is 0 Å². The van der Waals surface area contributed by atoms with Crippen LogP contribution in [0.1, 0.15) is 39.0 Å². The van der Waals surface area contributed by atoms with E-state index >= 15 is 0 Å². The molecule has 60 valence electrons. The second-order valence-electron chi connectivity index (χ2n) is 3.65. The topological polar surface area (TPSA) is 20.2 Å². The lowest BCUT2D eigenvalue weighted by molar-refractivity contribution is 0.206. The second kappa shape index (κ2) is 3.97. The van der Waals surface area contributed by atoms with Crippen molar-refractivity contribution in [2.24, 2.45) is 11.8 Å². The van der Waals surface area contributed by atoms with Crippen molar-refractivity contribution < 1.29 is 5.11 Å². The molecule has 1 aliphatic carbocycles. The number of hydrogen-bond donors (Lipinski definition) is 1. The maximum Gasteiger partial charge on any atom is 0.0433 e. The summed E-state index contributed by atoms with van der Waals surface area (Å²) in [5.74, 6) is 1.74. The first-order valence-corrected chi connectivity index (χ1v) is 4.43. The summed E-state index contributed by atoms with van der Waals surface area (Å²) in [6.45, 7) is 2.71. The van der Waals surface area contributed by atoms with E-state index in [-0.39, 0.29) is 0 Å². The van der Waals surface area contributed by atoms with Gasteiger partial charge in [-0.1, -0.05) is 26.2 Å². The molecular formula is C9H18O. The van der Waals surface area contributed by atoms with Gasteiger partial charge in [-0.3, -0.25) is 0 Å². The summed E-state index contributed by atoms with van der Waals surface area (Å²) in [6, 6.07) is 0. The van der Waals surface area contributed by atoms with Crippen LogP contribution < -0.4 is 0 Å². The van der Waals surface area contributed by atoms with Crippen molar-refractivity contribution in [3.63, 3.8) is 0 Å². The Morgan fingerprint density at radius 2 is 2.20 bits per heavy atom. The SMILES string of the molecule is C[C@@H]1CCCC(CCO)C1. The van der Waals surface area contributed by atoms with Crippen LogP contribution >= 0.6 is 0 Å². The Morgan fingerprint density at radius 1 is 1.40 bits per heavy atom. The minimum absolute atomic E-state index is 0.386. The van der Waals surface area contributed by atoms with E-state index < -0.39 is 0 Å². The van der Waals surface area contributed by atoms with Crippen molar-refractivity contribution in [3.05, 3.63) is 0 Å². The molecule has 0 radical (unpaired) electrons. The molecule has 0 aliphatic heterocycles. The van der Waals surface area contributed by atoms with Gasteiger partial charge in [0.05, 0.1) is 0 Å². The molecule has 1 rings (SSSR count). The van der Waals surface area contributed by atoms with Crippen molar-refractivity contribution in [1.82, 2.24) is 0 Å². The first-order valence-electron chi connectivity index (χ1n) is 4.43. The Morgan fingerprint density at radius 3 is 2.80 bits per heavy atom. The van der Waals surface area contributed by atoms with Gasteiger partial charge in [0, 0.05) is 6.61 Å². The van der Waals surface area contributed by atoms with Crippen molar-refractivity contribution in [2.75, 3.05) is 6.61 Å². The van der Waals surface area contributed by atoms with Gasteiger partial charge < -0.3 is 5.11 Å². The van der Waals surface area contributed by atoms with E-state index in [1.807, 2.05) is 0 Å². The average molecular weight is 142 g/mol. The molecule has 10 heavy (non-hydrogen) atoms. The van der Waals surface area contributed by atoms with Crippen molar-refractivity contribution in [3.8, 4) is 0 Å². The highest BCUT2D eigenvalue weighted by Crippen LogP contribution is 2.30. The smallest absolute Gasteiger partial charge is 0.0433 e. The third-order valence-electron chi connectivity index (χ3n) is 2.58. The fourth-order valence-electron chi connectivity index (χ4n) is 2.00. The monoisotopic (exact) mass is 142 g/mol. The van der Waals surface area contributed by atoms with Crippen molar-refractivity contribution in [2.45, 2.75) is 39.0 Å². The fourth-order valence-corrected chi connectivity index (χ4v) is 2.00. The zero-order valence-electron chi connectivity index (χ0n) is 6.84. The summed E-state index contributed by atoms with van der Waals surface area (Å²) in [7, 11) is 0. The number of hydrogen-bond acceptors (Lipinski definition) is 1. The van der Waals surface area contributed by atoms with Gasteiger partial charge in [-0.2, -0.15) is 0 Å². The van der Waals surface area contributed by atoms with Gasteiger partial charge in [0.15, 0.2) is 0 Å². The molecule has 0 aromatic carbocycles. The molecule has 1 heteroatoms. The predicted octanol–water partition coefficient (Wildman–Crippen LogP) is 2.20. The Bertz CT molecular complexity index is 88.7. The van der Waals surface area contributed by atoms with Crippen LogP contribution in [0.3, 0.4) is 0 Å². The zero-order valence-corrected chi connectivity index (χ0v) is 6.84. The van der Waals surface area contributed by atoms with Crippen molar-refractivity contribution in [1.29, 1.82) is 0 Å². The van der Waals surface area contributed by atoms with Crippen LogP contribution in [0.15, 0.2) is 0 Å². The fraction of sp³-hybridized carbons (Fsp3) is 1.00. The molecule has 0 heterocycles. The summed E-state index contributed by atoms with van der Waals surface area (Å²) < 4.78 is 0. The van der Waals surface area contributed by atoms with E-state index in [2.05, 4.69) is 6.92 Å². The van der Waals surface area contributed by atoms with Gasteiger partial charge in [0.25, 0.3) is 0 Å². The van der Waals surface area contributed by atoms with E-state index in [9.17, 15) is 0 Å². The normalized spacial score (nSPS) is 34.2. The molecule has 1 fully saturated rings. The second-order valence-corrected chi connectivity index (χ2v) is 3.65. The summed E-state index contributed by atoms with van der Waals surface area (Å²) in [5, 5.41) is 8.70. The highest BCUT2D eigenvalue weighted by molar-refractivity contribution is 4.69. The van der Waals surface area contributed by atoms with Crippen LogP contribution in [0.2, 0.25) is 0 Å². The molecule has 0 saturated heterocycles. The minimum atomic E-state index is 0.386. The Balaban J connectivity index is 2.18. The molecule has 1 saturated carbocycles. The Hall–Kier alpha value is -0.0400. The summed E-state index contributed by atoms with van der Waals surface area (Å²) >= 11 is 0. The van der Waals surface area contributed by atoms with E-state index in [0.717, 1.165) is 18.3 Å². The molecule has 0 aromatic rings. The third kappa shape index (κ3) is 2.30. The maximum absolute atomic E-state index is 8.70. The van der Waals surface area contributed by atoms with Crippen molar-refractivity contribution >= 4 is 0 Å². The summed E-state index contributed by atoms with van der Waals surface area (Å²) in [4.78, 5) is 0. The van der Waals surface area contributed by atoms with Gasteiger partial charge in [-0.15, -0.1) is 0 Å². The average Bonchev–Trinajstić information content (AvgIpc) is 1.88. The molecule has 1 N–H and O–H groups in total. The van der Waals surface area contributed by atoms with Crippen LogP contribution in [0.25, 0.3) is 0 Å². The van der Waals surface area contributed by atoms with Gasteiger partial charge >= 0.3 is 0 Å². The number of rotatable bonds is 2. The van der Waals surface area contributed by atoms with E-state index in [4.69, 9.17) is 5.11 Å². The largest absolute Gasteiger partial charge is 0.396 e. The zero-order chi connectivity index (χ0) is 7.40. The van der Waals surface area contributed by atoms with E-state index in [1.54, 1.807) is 0 Å². The Labute approximate surface area is 63.4 Å².